The number of nitrogens with one attached hydrogen (secondary N) is 4. The molecule has 0 heterocycles. The largest absolute Gasteiger partial charge is 0.480 e. The summed E-state index contributed by atoms with van der Waals surface area (Å²) in [6, 6.07) is -3.07. The number of hydrogen-bond donors (Lipinski definition) is 8. The van der Waals surface area contributed by atoms with E-state index in [-0.39, 0.29) is 6.54 Å². The minimum absolute atomic E-state index is 0.299. The molecule has 0 rings (SSSR count). The van der Waals surface area contributed by atoms with Crippen LogP contribution in [-0.2, 0) is 24.0 Å². The topological polar surface area (TPSA) is 220 Å². The number of aliphatic hydroxyl groups excluding tert-OH is 2. The highest BCUT2D eigenvalue weighted by atomic mass is 16.4. The van der Waals surface area contributed by atoms with E-state index < -0.39 is 68.0 Å². The van der Waals surface area contributed by atoms with Crippen molar-refractivity contribution in [3.63, 3.8) is 0 Å². The van der Waals surface area contributed by atoms with E-state index in [4.69, 9.17) is 21.1 Å². The van der Waals surface area contributed by atoms with E-state index in [1.54, 1.807) is 0 Å². The fourth-order valence-corrected chi connectivity index (χ4v) is 1.39. The van der Waals surface area contributed by atoms with Gasteiger partial charge in [0, 0.05) is 0 Å². The van der Waals surface area contributed by atoms with Gasteiger partial charge in [0.15, 0.2) is 0 Å². The summed E-state index contributed by atoms with van der Waals surface area (Å²) >= 11 is 0. The van der Waals surface area contributed by atoms with Gasteiger partial charge >= 0.3 is 5.97 Å². The van der Waals surface area contributed by atoms with Crippen LogP contribution in [0.4, 0.5) is 0 Å². The van der Waals surface area contributed by atoms with Crippen LogP contribution in [0.1, 0.15) is 0 Å². The van der Waals surface area contributed by atoms with Crippen LogP contribution in [0.15, 0.2) is 0 Å². The van der Waals surface area contributed by atoms with E-state index in [1.807, 2.05) is 5.32 Å². The van der Waals surface area contributed by atoms with Crippen molar-refractivity contribution in [1.82, 2.24) is 21.3 Å². The summed E-state index contributed by atoms with van der Waals surface area (Å²) in [4.78, 5) is 56.2. The molecular formula is C12H21N5O8. The second kappa shape index (κ2) is 11.7. The van der Waals surface area contributed by atoms with Gasteiger partial charge in [0.1, 0.15) is 12.1 Å². The van der Waals surface area contributed by atoms with Crippen LogP contribution < -0.4 is 27.0 Å². The van der Waals surface area contributed by atoms with E-state index in [0.29, 0.717) is 0 Å². The van der Waals surface area contributed by atoms with Crippen LogP contribution in [0, 0.1) is 0 Å². The Morgan fingerprint density at radius 3 is 1.80 bits per heavy atom. The van der Waals surface area contributed by atoms with E-state index in [2.05, 4.69) is 16.0 Å². The van der Waals surface area contributed by atoms with Gasteiger partial charge in [0.2, 0.25) is 23.6 Å². The molecule has 0 aliphatic carbocycles. The monoisotopic (exact) mass is 363 g/mol. The van der Waals surface area contributed by atoms with Crippen molar-refractivity contribution in [2.24, 2.45) is 5.73 Å². The van der Waals surface area contributed by atoms with Crippen LogP contribution in [0.25, 0.3) is 0 Å². The lowest BCUT2D eigenvalue weighted by Crippen LogP contribution is -2.55. The number of nitrogens with two attached hydrogens (primary N) is 1. The zero-order valence-corrected chi connectivity index (χ0v) is 13.2. The minimum atomic E-state index is -1.59. The highest BCUT2D eigenvalue weighted by Gasteiger charge is 2.25. The van der Waals surface area contributed by atoms with Crippen molar-refractivity contribution in [2.45, 2.75) is 12.1 Å². The SMILES string of the molecule is NCC(=O)NCC(=O)NCC(=O)N[C@@H](CO)C(=O)N[C@@H](CO)C(=O)O. The molecule has 0 fully saturated rings. The van der Waals surface area contributed by atoms with Crippen LogP contribution in [-0.4, -0.2) is 89.8 Å². The summed E-state index contributed by atoms with van der Waals surface area (Å²) in [7, 11) is 0. The molecule has 9 N–H and O–H groups in total. The van der Waals surface area contributed by atoms with Gasteiger partial charge < -0.3 is 42.3 Å². The quantitative estimate of drug-likeness (QED) is 0.175. The molecule has 0 aromatic rings. The maximum atomic E-state index is 11.7. The van der Waals surface area contributed by atoms with E-state index in [9.17, 15) is 24.0 Å². The number of carboxylic acids is 1. The van der Waals surface area contributed by atoms with Crippen LogP contribution in [0.5, 0.6) is 0 Å². The number of rotatable bonds is 11. The third-order valence-corrected chi connectivity index (χ3v) is 2.71. The first-order valence-corrected chi connectivity index (χ1v) is 7.02. The maximum Gasteiger partial charge on any atom is 0.328 e. The smallest absolute Gasteiger partial charge is 0.328 e. The molecule has 0 spiro atoms. The Balaban J connectivity index is 4.35. The Labute approximate surface area is 141 Å². The van der Waals surface area contributed by atoms with Crippen molar-refractivity contribution in [3.8, 4) is 0 Å². The zero-order chi connectivity index (χ0) is 19.4. The van der Waals surface area contributed by atoms with E-state index >= 15 is 0 Å². The number of carbonyl (C=O) groups excluding carboxylic acids is 4. The second-order valence-corrected chi connectivity index (χ2v) is 4.64. The molecule has 4 amide bonds. The van der Waals surface area contributed by atoms with Crippen LogP contribution in [0.3, 0.4) is 0 Å². The molecule has 0 radical (unpaired) electrons. The maximum absolute atomic E-state index is 11.7. The summed E-state index contributed by atoms with van der Waals surface area (Å²) in [6.45, 7) is -2.96. The first-order chi connectivity index (χ1) is 11.7. The minimum Gasteiger partial charge on any atom is -0.480 e. The molecule has 0 aliphatic rings. The van der Waals surface area contributed by atoms with Crippen molar-refractivity contribution < 1.29 is 39.3 Å². The summed E-state index contributed by atoms with van der Waals surface area (Å²) in [5.74, 6) is -4.62. The Morgan fingerprint density at radius 1 is 0.800 bits per heavy atom. The van der Waals surface area contributed by atoms with Gasteiger partial charge in [-0.05, 0) is 0 Å². The molecule has 13 nitrogen and oxygen atoms in total. The highest BCUT2D eigenvalue weighted by Crippen LogP contribution is 1.88. The number of aliphatic carboxylic acids is 1. The predicted molar refractivity (Wildman–Crippen MR) is 80.7 cm³/mol. The lowest BCUT2D eigenvalue weighted by Gasteiger charge is -2.19. The van der Waals surface area contributed by atoms with Crippen molar-refractivity contribution in [1.29, 1.82) is 0 Å². The molecular weight excluding hydrogens is 342 g/mol. The summed E-state index contributed by atoms with van der Waals surface area (Å²) < 4.78 is 0. The van der Waals surface area contributed by atoms with Crippen molar-refractivity contribution in [3.05, 3.63) is 0 Å². The number of aliphatic hydroxyl groups is 2. The zero-order valence-electron chi connectivity index (χ0n) is 13.2. The van der Waals surface area contributed by atoms with Gasteiger partial charge in [0.05, 0.1) is 32.8 Å². The number of carbonyl (C=O) groups is 5. The van der Waals surface area contributed by atoms with Crippen molar-refractivity contribution >= 4 is 29.6 Å². The molecule has 0 unspecified atom stereocenters. The summed E-state index contributed by atoms with van der Waals surface area (Å²) in [5, 5.41) is 34.9. The van der Waals surface area contributed by atoms with Gasteiger partial charge in [-0.1, -0.05) is 0 Å². The lowest BCUT2D eigenvalue weighted by molar-refractivity contribution is -0.143. The Morgan fingerprint density at radius 2 is 1.32 bits per heavy atom. The third-order valence-electron chi connectivity index (χ3n) is 2.71. The molecule has 142 valence electrons. The molecule has 0 saturated heterocycles. The van der Waals surface area contributed by atoms with E-state index in [1.165, 1.54) is 0 Å². The summed E-state index contributed by atoms with van der Waals surface area (Å²) in [6.07, 6.45) is 0. The van der Waals surface area contributed by atoms with E-state index in [0.717, 1.165) is 0 Å². The molecule has 0 saturated carbocycles. The standard InChI is InChI=1S/C12H21N5O8/c13-1-8(20)14-2-9(21)15-3-10(22)16-6(4-18)11(23)17-7(5-19)12(24)25/h6-7,18-19H,1-5,13H2,(H,14,20)(H,15,21)(H,16,22)(H,17,23)(H,24,25)/t6-,7-/m0/s1. The Hall–Kier alpha value is -2.77. The van der Waals surface area contributed by atoms with Gasteiger partial charge in [0.25, 0.3) is 0 Å². The molecule has 25 heavy (non-hydrogen) atoms. The fourth-order valence-electron chi connectivity index (χ4n) is 1.39. The number of hydrogen-bond acceptors (Lipinski definition) is 8. The summed E-state index contributed by atoms with van der Waals surface area (Å²) in [5.41, 5.74) is 5.02. The molecule has 2 atom stereocenters. The van der Waals surface area contributed by atoms with Crippen LogP contribution in [0.2, 0.25) is 0 Å². The number of amides is 4. The highest BCUT2D eigenvalue weighted by molar-refractivity contribution is 5.92. The van der Waals surface area contributed by atoms with Crippen LogP contribution >= 0.6 is 0 Å². The molecule has 0 bridgehead atoms. The first kappa shape index (κ1) is 22.2. The molecule has 0 aromatic heterocycles. The molecule has 13 heteroatoms. The Bertz CT molecular complexity index is 512. The Kier molecular flexibility index (Phi) is 10.4. The predicted octanol–water partition coefficient (Wildman–Crippen LogP) is -5.78. The molecule has 0 aromatic carbocycles. The first-order valence-electron chi connectivity index (χ1n) is 7.02. The second-order valence-electron chi connectivity index (χ2n) is 4.64. The lowest BCUT2D eigenvalue weighted by atomic mass is 10.2. The third kappa shape index (κ3) is 9.19. The van der Waals surface area contributed by atoms with Gasteiger partial charge in [-0.25, -0.2) is 4.79 Å². The van der Waals surface area contributed by atoms with Crippen molar-refractivity contribution in [2.75, 3.05) is 32.8 Å². The average Bonchev–Trinajstić information content (AvgIpc) is 2.59. The normalized spacial score (nSPS) is 12.4. The number of carboxylic acid groups (broad SMARTS) is 1. The average molecular weight is 363 g/mol. The van der Waals surface area contributed by atoms with Gasteiger partial charge in [-0.3, -0.25) is 19.2 Å². The fraction of sp³-hybridized carbons (Fsp3) is 0.583. The van der Waals surface area contributed by atoms with Gasteiger partial charge in [-0.2, -0.15) is 0 Å². The molecule has 0 aliphatic heterocycles. The van der Waals surface area contributed by atoms with Gasteiger partial charge in [-0.15, -0.1) is 0 Å².